The van der Waals surface area contributed by atoms with Crippen molar-refractivity contribution in [2.45, 2.75) is 45.1 Å². The quantitative estimate of drug-likeness (QED) is 0.153. The van der Waals surface area contributed by atoms with Gasteiger partial charge in [0.15, 0.2) is 11.4 Å². The SMILES string of the molecule is CCCS(=O)(=O)O/N=C(/c1ccc(OCC(O)COc2ccc(/C(=N/OS(=O)(=O)CCC)C(F)(F)F)cc2)cc1)C(F)(F)F. The topological polar surface area (TPSA) is 150 Å². The first kappa shape index (κ1) is 36.6. The summed E-state index contributed by atoms with van der Waals surface area (Å²) >= 11 is 0. The van der Waals surface area contributed by atoms with E-state index in [2.05, 4.69) is 18.9 Å². The molecule has 0 aliphatic heterocycles. The maximum Gasteiger partial charge on any atom is 0.437 e. The molecule has 0 spiro atoms. The Kier molecular flexibility index (Phi) is 12.8. The van der Waals surface area contributed by atoms with Crippen LogP contribution in [0.25, 0.3) is 0 Å². The molecule has 0 aromatic heterocycles. The summed E-state index contributed by atoms with van der Waals surface area (Å²) < 4.78 is 146. The highest BCUT2D eigenvalue weighted by atomic mass is 32.2. The Morgan fingerprint density at radius 3 is 1.27 bits per heavy atom. The van der Waals surface area contributed by atoms with Crippen molar-refractivity contribution in [2.24, 2.45) is 10.3 Å². The molecule has 246 valence electrons. The van der Waals surface area contributed by atoms with Crippen molar-refractivity contribution in [2.75, 3.05) is 24.7 Å². The molecule has 0 amide bonds. The van der Waals surface area contributed by atoms with Crippen LogP contribution >= 0.6 is 0 Å². The van der Waals surface area contributed by atoms with Crippen LogP contribution < -0.4 is 9.47 Å². The zero-order valence-electron chi connectivity index (χ0n) is 23.1. The van der Waals surface area contributed by atoms with Crippen LogP contribution in [0.3, 0.4) is 0 Å². The number of alkyl halides is 6. The molecule has 2 rings (SSSR count). The third-order valence-corrected chi connectivity index (χ3v) is 7.49. The molecular weight excluding hydrogens is 650 g/mol. The fourth-order valence-corrected chi connectivity index (χ4v) is 4.68. The molecule has 0 atom stereocenters. The smallest absolute Gasteiger partial charge is 0.437 e. The Balaban J connectivity index is 1.99. The van der Waals surface area contributed by atoms with Gasteiger partial charge in [0, 0.05) is 11.1 Å². The molecule has 0 saturated carbocycles. The van der Waals surface area contributed by atoms with Crippen LogP contribution in [-0.2, 0) is 28.8 Å². The second kappa shape index (κ2) is 15.4. The van der Waals surface area contributed by atoms with E-state index in [0.29, 0.717) is 0 Å². The first-order valence-electron chi connectivity index (χ1n) is 12.6. The van der Waals surface area contributed by atoms with Gasteiger partial charge in [-0.15, -0.1) is 0 Å². The van der Waals surface area contributed by atoms with Crippen LogP contribution in [0.15, 0.2) is 58.8 Å². The van der Waals surface area contributed by atoms with Gasteiger partial charge in [-0.2, -0.15) is 43.2 Å². The van der Waals surface area contributed by atoms with Crippen molar-refractivity contribution >= 4 is 31.7 Å². The molecule has 0 bridgehead atoms. The lowest BCUT2D eigenvalue weighted by atomic mass is 10.1. The van der Waals surface area contributed by atoms with Crippen molar-refractivity contribution in [1.29, 1.82) is 0 Å². The molecule has 19 heteroatoms. The molecule has 0 saturated heterocycles. The van der Waals surface area contributed by atoms with Gasteiger partial charge in [0.1, 0.15) is 30.8 Å². The van der Waals surface area contributed by atoms with Gasteiger partial charge in [-0.1, -0.05) is 24.2 Å². The van der Waals surface area contributed by atoms with Gasteiger partial charge in [-0.05, 0) is 61.4 Å². The van der Waals surface area contributed by atoms with Crippen LogP contribution in [-0.4, -0.2) is 76.5 Å². The predicted molar refractivity (Wildman–Crippen MR) is 145 cm³/mol. The van der Waals surface area contributed by atoms with Gasteiger partial charge in [0.25, 0.3) is 0 Å². The maximum absolute atomic E-state index is 13.4. The largest absolute Gasteiger partial charge is 0.491 e. The van der Waals surface area contributed by atoms with Crippen LogP contribution in [0.1, 0.15) is 37.8 Å². The monoisotopic (exact) mass is 678 g/mol. The molecule has 2 aromatic carbocycles. The van der Waals surface area contributed by atoms with Gasteiger partial charge in [-0.25, -0.2) is 0 Å². The minimum atomic E-state index is -5.04. The number of aliphatic hydroxyl groups is 1. The Labute approximate surface area is 249 Å². The molecule has 0 heterocycles. The number of hydrogen-bond acceptors (Lipinski definition) is 11. The average Bonchev–Trinajstić information content (AvgIpc) is 2.90. The van der Waals surface area contributed by atoms with Crippen LogP contribution in [0, 0.1) is 0 Å². The normalized spacial score (nSPS) is 13.6. The third kappa shape index (κ3) is 12.2. The summed E-state index contributed by atoms with van der Waals surface area (Å²) in [5.41, 5.74) is -4.22. The Bertz CT molecular complexity index is 1380. The summed E-state index contributed by atoms with van der Waals surface area (Å²) in [6.07, 6.45) is -11.2. The minimum absolute atomic E-state index is 0.0281. The van der Waals surface area contributed by atoms with Gasteiger partial charge >= 0.3 is 32.6 Å². The number of ether oxygens (including phenoxy) is 2. The number of aliphatic hydroxyl groups excluding tert-OH is 1. The summed E-state index contributed by atoms with van der Waals surface area (Å²) in [4.78, 5) is 0. The lowest BCUT2D eigenvalue weighted by molar-refractivity contribution is -0.0606. The van der Waals surface area contributed by atoms with E-state index >= 15 is 0 Å². The van der Waals surface area contributed by atoms with Crippen LogP contribution in [0.2, 0.25) is 0 Å². The van der Waals surface area contributed by atoms with Crippen molar-refractivity contribution in [3.63, 3.8) is 0 Å². The Morgan fingerprint density at radius 2 is 1.00 bits per heavy atom. The molecule has 0 fully saturated rings. The fourth-order valence-electron chi connectivity index (χ4n) is 3.15. The summed E-state index contributed by atoms with van der Waals surface area (Å²) in [6, 6.07) is 8.24. The first-order valence-corrected chi connectivity index (χ1v) is 15.8. The molecule has 0 unspecified atom stereocenters. The predicted octanol–water partition coefficient (Wildman–Crippen LogP) is 4.55. The van der Waals surface area contributed by atoms with E-state index < -0.39 is 86.0 Å². The van der Waals surface area contributed by atoms with Gasteiger partial charge in [0.05, 0.1) is 11.5 Å². The highest BCUT2D eigenvalue weighted by Gasteiger charge is 2.39. The Morgan fingerprint density at radius 1 is 0.682 bits per heavy atom. The van der Waals surface area contributed by atoms with Crippen molar-refractivity contribution in [3.05, 3.63) is 59.7 Å². The molecule has 1 N–H and O–H groups in total. The van der Waals surface area contributed by atoms with Crippen molar-refractivity contribution < 1.29 is 66.3 Å². The lowest BCUT2D eigenvalue weighted by Crippen LogP contribution is -2.26. The number of halogens is 6. The van der Waals surface area contributed by atoms with Gasteiger partial charge < -0.3 is 14.6 Å². The minimum Gasteiger partial charge on any atom is -0.491 e. The first-order chi connectivity index (χ1) is 20.4. The second-order valence-corrected chi connectivity index (χ2v) is 12.2. The summed E-state index contributed by atoms with van der Waals surface area (Å²) in [6.45, 7) is 2.19. The Hall–Kier alpha value is -3.58. The number of benzene rings is 2. The molecule has 0 aliphatic rings. The molecule has 0 radical (unpaired) electrons. The van der Waals surface area contributed by atoms with E-state index in [4.69, 9.17) is 9.47 Å². The molecular formula is C25H28F6N2O9S2. The second-order valence-electron chi connectivity index (χ2n) is 8.87. The van der Waals surface area contributed by atoms with Gasteiger partial charge in [-0.3, -0.25) is 8.57 Å². The zero-order chi connectivity index (χ0) is 33.2. The van der Waals surface area contributed by atoms with E-state index in [1.807, 2.05) is 0 Å². The number of rotatable bonds is 16. The zero-order valence-corrected chi connectivity index (χ0v) is 24.8. The highest BCUT2D eigenvalue weighted by Crippen LogP contribution is 2.26. The summed E-state index contributed by atoms with van der Waals surface area (Å²) in [5, 5.41) is 15.7. The third-order valence-electron chi connectivity index (χ3n) is 5.07. The highest BCUT2D eigenvalue weighted by molar-refractivity contribution is 7.86. The maximum atomic E-state index is 13.4. The average molecular weight is 679 g/mol. The van der Waals surface area contributed by atoms with E-state index in [1.165, 1.54) is 13.8 Å². The van der Waals surface area contributed by atoms with Crippen LogP contribution in [0.5, 0.6) is 11.5 Å². The lowest BCUT2D eigenvalue weighted by Gasteiger charge is -2.15. The number of hydrogen-bond donors (Lipinski definition) is 1. The number of oxime groups is 2. The molecule has 0 aliphatic carbocycles. The standard InChI is InChI=1S/C25H28F6N2O9S2/c1-3-13-43(35,36)41-32-22(24(26,27)28)17-5-9-20(10-6-17)39-15-19(34)16-40-21-11-7-18(8-12-21)23(25(29,30)31)33-42-44(37,38)14-4-2/h5-12,19,34H,3-4,13-16H2,1-2H3/b32-22-,33-23-. The van der Waals surface area contributed by atoms with Crippen molar-refractivity contribution in [1.82, 2.24) is 0 Å². The van der Waals surface area contributed by atoms with Gasteiger partial charge in [0.2, 0.25) is 0 Å². The van der Waals surface area contributed by atoms with E-state index in [1.54, 1.807) is 0 Å². The summed E-state index contributed by atoms with van der Waals surface area (Å²) in [7, 11) is -8.59. The molecule has 2 aromatic rings. The molecule has 44 heavy (non-hydrogen) atoms. The van der Waals surface area contributed by atoms with Crippen molar-refractivity contribution in [3.8, 4) is 11.5 Å². The van der Waals surface area contributed by atoms with E-state index in [-0.39, 0.29) is 24.3 Å². The van der Waals surface area contributed by atoms with Crippen LogP contribution in [0.4, 0.5) is 26.3 Å². The molecule has 11 nitrogen and oxygen atoms in total. The fraction of sp³-hybridized carbons (Fsp3) is 0.440. The van der Waals surface area contributed by atoms with E-state index in [9.17, 15) is 48.3 Å². The van der Waals surface area contributed by atoms with E-state index in [0.717, 1.165) is 48.5 Å². The summed E-state index contributed by atoms with van der Waals surface area (Å²) in [5.74, 6) is -0.995. The number of nitrogens with zero attached hydrogens (tertiary/aromatic N) is 2.